The molecule has 0 aromatic heterocycles. The van der Waals surface area contributed by atoms with E-state index in [4.69, 9.17) is 5.73 Å². The Balaban J connectivity index is 2.64. The molecule has 2 heteroatoms. The topological polar surface area (TPSA) is 43.1 Å². The fourth-order valence-corrected chi connectivity index (χ4v) is 2.09. The number of aryl methyl sites for hydroxylation is 1. The van der Waals surface area contributed by atoms with Crippen molar-refractivity contribution in [2.24, 2.45) is 11.1 Å². The molecule has 0 fully saturated rings. The number of carbonyl (C=O) groups is 1. The molecule has 94 valence electrons. The van der Waals surface area contributed by atoms with E-state index in [0.717, 1.165) is 17.5 Å². The first kappa shape index (κ1) is 13.9. The molecule has 1 atom stereocenters. The van der Waals surface area contributed by atoms with Gasteiger partial charge >= 0.3 is 0 Å². The molecule has 17 heavy (non-hydrogen) atoms. The van der Waals surface area contributed by atoms with Gasteiger partial charge in [-0.05, 0) is 24.3 Å². The monoisotopic (exact) mass is 233 g/mol. The summed E-state index contributed by atoms with van der Waals surface area (Å²) in [6, 6.07) is 7.63. The molecule has 0 aliphatic carbocycles. The van der Waals surface area contributed by atoms with Crippen molar-refractivity contribution in [1.29, 1.82) is 0 Å². The lowest BCUT2D eigenvalue weighted by molar-refractivity contribution is 0.0967. The van der Waals surface area contributed by atoms with Crippen LogP contribution in [-0.4, -0.2) is 11.8 Å². The van der Waals surface area contributed by atoms with E-state index in [2.05, 4.69) is 20.8 Å². The summed E-state index contributed by atoms with van der Waals surface area (Å²) in [5, 5.41) is 0. The Morgan fingerprint density at radius 2 is 1.88 bits per heavy atom. The highest BCUT2D eigenvalue weighted by atomic mass is 16.1. The molecule has 1 unspecified atom stereocenters. The lowest BCUT2D eigenvalue weighted by Crippen LogP contribution is -2.29. The Labute approximate surface area is 104 Å². The average molecular weight is 233 g/mol. The fourth-order valence-electron chi connectivity index (χ4n) is 2.09. The molecule has 0 saturated heterocycles. The number of Topliss-reactive ketones (excluding diaryl/α,β-unsaturated/α-hetero) is 1. The minimum absolute atomic E-state index is 0.0536. The second-order valence-corrected chi connectivity index (χ2v) is 5.97. The summed E-state index contributed by atoms with van der Waals surface area (Å²) in [5.74, 6) is 0.153. The summed E-state index contributed by atoms with van der Waals surface area (Å²) in [5.41, 5.74) is 8.03. The molecule has 0 radical (unpaired) electrons. The van der Waals surface area contributed by atoms with Crippen molar-refractivity contribution < 1.29 is 4.79 Å². The van der Waals surface area contributed by atoms with Gasteiger partial charge in [0.2, 0.25) is 0 Å². The predicted molar refractivity (Wildman–Crippen MR) is 72.2 cm³/mol. The van der Waals surface area contributed by atoms with E-state index in [1.165, 1.54) is 0 Å². The van der Waals surface area contributed by atoms with Gasteiger partial charge in [-0.1, -0.05) is 45.0 Å². The van der Waals surface area contributed by atoms with Gasteiger partial charge in [0.25, 0.3) is 0 Å². The maximum absolute atomic E-state index is 12.1. The molecule has 2 nitrogen and oxygen atoms in total. The SMILES string of the molecule is Cc1ccccc1C(=O)CC(N)CC(C)(C)C. The summed E-state index contributed by atoms with van der Waals surface area (Å²) in [7, 11) is 0. The van der Waals surface area contributed by atoms with Gasteiger partial charge in [0.05, 0.1) is 0 Å². The van der Waals surface area contributed by atoms with Crippen molar-refractivity contribution in [2.45, 2.75) is 46.6 Å². The third-order valence-electron chi connectivity index (χ3n) is 2.77. The molecule has 1 aromatic carbocycles. The summed E-state index contributed by atoms with van der Waals surface area (Å²) in [6.07, 6.45) is 1.30. The third-order valence-corrected chi connectivity index (χ3v) is 2.77. The van der Waals surface area contributed by atoms with Gasteiger partial charge in [0.1, 0.15) is 0 Å². The molecule has 1 rings (SSSR count). The van der Waals surface area contributed by atoms with Gasteiger partial charge in [-0.15, -0.1) is 0 Å². The summed E-state index contributed by atoms with van der Waals surface area (Å²) in [4.78, 5) is 12.1. The fraction of sp³-hybridized carbons (Fsp3) is 0.533. The number of carbonyl (C=O) groups excluding carboxylic acids is 1. The molecule has 2 N–H and O–H groups in total. The maximum atomic E-state index is 12.1. The van der Waals surface area contributed by atoms with Gasteiger partial charge < -0.3 is 5.73 Å². The van der Waals surface area contributed by atoms with Crippen molar-refractivity contribution in [2.75, 3.05) is 0 Å². The van der Waals surface area contributed by atoms with E-state index < -0.39 is 0 Å². The molecular weight excluding hydrogens is 210 g/mol. The van der Waals surface area contributed by atoms with Crippen LogP contribution in [0.4, 0.5) is 0 Å². The average Bonchev–Trinajstić information content (AvgIpc) is 2.14. The second-order valence-electron chi connectivity index (χ2n) is 5.97. The van der Waals surface area contributed by atoms with Crippen molar-refractivity contribution in [3.63, 3.8) is 0 Å². The Kier molecular flexibility index (Phi) is 4.47. The van der Waals surface area contributed by atoms with Gasteiger partial charge in [0.15, 0.2) is 5.78 Å². The summed E-state index contributed by atoms with van der Waals surface area (Å²) < 4.78 is 0. The second kappa shape index (κ2) is 5.46. The van der Waals surface area contributed by atoms with E-state index in [9.17, 15) is 4.79 Å². The molecule has 0 spiro atoms. The van der Waals surface area contributed by atoms with Crippen LogP contribution in [0.5, 0.6) is 0 Å². The number of nitrogens with two attached hydrogens (primary N) is 1. The Bertz CT molecular complexity index is 390. The zero-order chi connectivity index (χ0) is 13.1. The van der Waals surface area contributed by atoms with Crippen LogP contribution in [0.15, 0.2) is 24.3 Å². The van der Waals surface area contributed by atoms with Crippen LogP contribution in [0.1, 0.15) is 49.5 Å². The van der Waals surface area contributed by atoms with Crippen molar-refractivity contribution in [1.82, 2.24) is 0 Å². The molecular formula is C15H23NO. The van der Waals surface area contributed by atoms with Crippen LogP contribution in [0.3, 0.4) is 0 Å². The minimum atomic E-state index is -0.0536. The van der Waals surface area contributed by atoms with Gasteiger partial charge in [-0.3, -0.25) is 4.79 Å². The van der Waals surface area contributed by atoms with Crippen LogP contribution >= 0.6 is 0 Å². The molecule has 1 aromatic rings. The smallest absolute Gasteiger partial charge is 0.164 e. The number of hydrogen-bond acceptors (Lipinski definition) is 2. The number of rotatable bonds is 4. The number of hydrogen-bond donors (Lipinski definition) is 1. The molecule has 0 bridgehead atoms. The molecule has 0 heterocycles. The highest BCUT2D eigenvalue weighted by Gasteiger charge is 2.19. The van der Waals surface area contributed by atoms with Crippen LogP contribution in [0.25, 0.3) is 0 Å². The predicted octanol–water partition coefficient (Wildman–Crippen LogP) is 3.33. The van der Waals surface area contributed by atoms with Crippen LogP contribution < -0.4 is 5.73 Å². The van der Waals surface area contributed by atoms with E-state index >= 15 is 0 Å². The highest BCUT2D eigenvalue weighted by molar-refractivity contribution is 5.97. The Morgan fingerprint density at radius 3 is 2.41 bits per heavy atom. The number of benzene rings is 1. The molecule has 0 aliphatic heterocycles. The normalized spacial score (nSPS) is 13.5. The first-order valence-corrected chi connectivity index (χ1v) is 6.14. The maximum Gasteiger partial charge on any atom is 0.164 e. The third kappa shape index (κ3) is 4.70. The molecule has 0 aliphatic rings. The van der Waals surface area contributed by atoms with Crippen LogP contribution in [0, 0.1) is 12.3 Å². The highest BCUT2D eigenvalue weighted by Crippen LogP contribution is 2.22. The van der Waals surface area contributed by atoms with E-state index in [-0.39, 0.29) is 17.2 Å². The van der Waals surface area contributed by atoms with E-state index in [1.807, 2.05) is 31.2 Å². The number of ketones is 1. The van der Waals surface area contributed by atoms with Crippen molar-refractivity contribution in [3.8, 4) is 0 Å². The lowest BCUT2D eigenvalue weighted by atomic mass is 9.86. The van der Waals surface area contributed by atoms with Crippen LogP contribution in [0.2, 0.25) is 0 Å². The van der Waals surface area contributed by atoms with Gasteiger partial charge in [0, 0.05) is 18.0 Å². The van der Waals surface area contributed by atoms with Crippen molar-refractivity contribution in [3.05, 3.63) is 35.4 Å². The standard InChI is InChI=1S/C15H23NO/c1-11-7-5-6-8-13(11)14(17)9-12(16)10-15(2,3)4/h5-8,12H,9-10,16H2,1-4H3. The summed E-state index contributed by atoms with van der Waals surface area (Å²) >= 11 is 0. The zero-order valence-corrected chi connectivity index (χ0v) is 11.3. The van der Waals surface area contributed by atoms with Gasteiger partial charge in [-0.2, -0.15) is 0 Å². The lowest BCUT2D eigenvalue weighted by Gasteiger charge is -2.22. The molecule has 0 saturated carbocycles. The van der Waals surface area contributed by atoms with Crippen LogP contribution in [-0.2, 0) is 0 Å². The molecule has 0 amide bonds. The van der Waals surface area contributed by atoms with E-state index in [1.54, 1.807) is 0 Å². The quantitative estimate of drug-likeness (QED) is 0.811. The largest absolute Gasteiger partial charge is 0.327 e. The van der Waals surface area contributed by atoms with Gasteiger partial charge in [-0.25, -0.2) is 0 Å². The first-order valence-electron chi connectivity index (χ1n) is 6.14. The minimum Gasteiger partial charge on any atom is -0.327 e. The first-order chi connectivity index (χ1) is 7.79. The summed E-state index contributed by atoms with van der Waals surface area (Å²) in [6.45, 7) is 8.39. The van der Waals surface area contributed by atoms with Crippen molar-refractivity contribution >= 4 is 5.78 Å². The zero-order valence-electron chi connectivity index (χ0n) is 11.3. The Hall–Kier alpha value is -1.15. The van der Waals surface area contributed by atoms with E-state index in [0.29, 0.717) is 6.42 Å². The Morgan fingerprint density at radius 1 is 1.29 bits per heavy atom.